The van der Waals surface area contributed by atoms with Crippen LogP contribution < -0.4 is 0 Å². The molecular weight excluding hydrogens is 208 g/mol. The van der Waals surface area contributed by atoms with Crippen molar-refractivity contribution in [2.24, 2.45) is 0 Å². The van der Waals surface area contributed by atoms with E-state index in [1.165, 1.54) is 0 Å². The lowest BCUT2D eigenvalue weighted by Gasteiger charge is -2.14. The third kappa shape index (κ3) is 4.69. The largest absolute Gasteiger partial charge is 0.388 e. The summed E-state index contributed by atoms with van der Waals surface area (Å²) < 4.78 is 5.38. The van der Waals surface area contributed by atoms with Gasteiger partial charge in [0.15, 0.2) is 0 Å². The highest BCUT2D eigenvalue weighted by atomic mass is 32.2. The molecule has 0 aromatic heterocycles. The van der Waals surface area contributed by atoms with E-state index in [4.69, 9.17) is 4.74 Å². The topological polar surface area (TPSA) is 29.5 Å². The first-order chi connectivity index (χ1) is 7.24. The Bertz CT molecular complexity index is 264. The highest BCUT2D eigenvalue weighted by Gasteiger charge is 2.09. The lowest BCUT2D eigenvalue weighted by molar-refractivity contribution is 0.135. The van der Waals surface area contributed by atoms with E-state index >= 15 is 0 Å². The van der Waals surface area contributed by atoms with Crippen LogP contribution in [0.15, 0.2) is 30.3 Å². The van der Waals surface area contributed by atoms with E-state index in [0.717, 1.165) is 12.2 Å². The van der Waals surface area contributed by atoms with Gasteiger partial charge in [-0.25, -0.2) is 0 Å². The molecule has 0 saturated heterocycles. The zero-order valence-electron chi connectivity index (χ0n) is 9.22. The fraction of sp³-hybridized carbons (Fsp3) is 0.500. The van der Waals surface area contributed by atoms with Gasteiger partial charge < -0.3 is 9.84 Å². The van der Waals surface area contributed by atoms with E-state index in [-0.39, 0.29) is 5.44 Å². The Labute approximate surface area is 95.7 Å². The maximum absolute atomic E-state index is 9.86. The second-order valence-corrected chi connectivity index (χ2v) is 4.61. The van der Waals surface area contributed by atoms with Crippen molar-refractivity contribution in [2.75, 3.05) is 12.4 Å². The Morgan fingerprint density at radius 1 is 1.33 bits per heavy atom. The molecule has 1 rings (SSSR count). The van der Waals surface area contributed by atoms with Crippen molar-refractivity contribution in [2.45, 2.75) is 25.4 Å². The third-order valence-corrected chi connectivity index (χ3v) is 3.19. The quantitative estimate of drug-likeness (QED) is 0.756. The summed E-state index contributed by atoms with van der Waals surface area (Å²) in [5.41, 5.74) is 1.11. The number of rotatable bonds is 6. The van der Waals surface area contributed by atoms with Gasteiger partial charge in [0.1, 0.15) is 0 Å². The zero-order chi connectivity index (χ0) is 11.1. The summed E-state index contributed by atoms with van der Waals surface area (Å²) in [6.07, 6.45) is -0.404. The molecule has 0 amide bonds. The summed E-state index contributed by atoms with van der Waals surface area (Å²) >= 11 is 1.63. The van der Waals surface area contributed by atoms with E-state index < -0.39 is 6.10 Å². The second-order valence-electron chi connectivity index (χ2n) is 3.28. The molecule has 0 aliphatic rings. The van der Waals surface area contributed by atoms with Crippen molar-refractivity contribution in [3.63, 3.8) is 0 Å². The molecule has 0 heterocycles. The number of aliphatic hydroxyl groups is 1. The van der Waals surface area contributed by atoms with Crippen LogP contribution in [0.25, 0.3) is 0 Å². The van der Waals surface area contributed by atoms with Crippen LogP contribution >= 0.6 is 11.8 Å². The molecule has 0 bridgehead atoms. The minimum absolute atomic E-state index is 0.147. The summed E-state index contributed by atoms with van der Waals surface area (Å²) in [6, 6.07) is 9.71. The van der Waals surface area contributed by atoms with Crippen LogP contribution in [0.4, 0.5) is 0 Å². The molecule has 3 heteroatoms. The molecule has 0 fully saturated rings. The second kappa shape index (κ2) is 6.88. The van der Waals surface area contributed by atoms with Crippen molar-refractivity contribution >= 4 is 11.8 Å². The van der Waals surface area contributed by atoms with E-state index in [2.05, 4.69) is 0 Å². The highest BCUT2D eigenvalue weighted by Crippen LogP contribution is 2.21. The molecule has 0 aliphatic carbocycles. The first kappa shape index (κ1) is 12.6. The molecule has 0 radical (unpaired) electrons. The molecule has 2 atom stereocenters. The molecule has 2 nitrogen and oxygen atoms in total. The van der Waals surface area contributed by atoms with Gasteiger partial charge in [-0.1, -0.05) is 30.3 Å². The molecule has 0 aliphatic heterocycles. The Morgan fingerprint density at radius 3 is 2.60 bits per heavy atom. The maximum atomic E-state index is 9.86. The molecule has 0 unspecified atom stereocenters. The smallest absolute Gasteiger partial charge is 0.1000 e. The van der Waals surface area contributed by atoms with Gasteiger partial charge in [-0.15, -0.1) is 11.8 Å². The predicted molar refractivity (Wildman–Crippen MR) is 64.9 cm³/mol. The molecular formula is C12H18O2S. The fourth-order valence-corrected chi connectivity index (χ4v) is 2.16. The van der Waals surface area contributed by atoms with Crippen molar-refractivity contribution in [1.29, 1.82) is 0 Å². The number of thioether (sulfide) groups is 1. The van der Waals surface area contributed by atoms with Gasteiger partial charge in [0.2, 0.25) is 0 Å². The fourth-order valence-electron chi connectivity index (χ4n) is 1.28. The number of aliphatic hydroxyl groups excluding tert-OH is 1. The van der Waals surface area contributed by atoms with E-state index in [1.54, 1.807) is 11.8 Å². The molecule has 84 valence electrons. The summed E-state index contributed by atoms with van der Waals surface area (Å²) in [5.74, 6) is 0.672. The van der Waals surface area contributed by atoms with Crippen LogP contribution in [0, 0.1) is 0 Å². The third-order valence-electron chi connectivity index (χ3n) is 2.07. The van der Waals surface area contributed by atoms with Crippen LogP contribution in [0.1, 0.15) is 25.5 Å². The normalized spacial score (nSPS) is 14.9. The van der Waals surface area contributed by atoms with Crippen LogP contribution in [0.5, 0.6) is 0 Å². The van der Waals surface area contributed by atoms with Crippen LogP contribution in [-0.2, 0) is 4.74 Å². The van der Waals surface area contributed by atoms with Gasteiger partial charge in [-0.3, -0.25) is 0 Å². The van der Waals surface area contributed by atoms with Gasteiger partial charge in [-0.05, 0) is 19.4 Å². The molecule has 15 heavy (non-hydrogen) atoms. The molecule has 0 spiro atoms. The average Bonchev–Trinajstić information content (AvgIpc) is 2.27. The van der Waals surface area contributed by atoms with Gasteiger partial charge in [0, 0.05) is 12.4 Å². The van der Waals surface area contributed by atoms with E-state index in [9.17, 15) is 5.11 Å². The Morgan fingerprint density at radius 2 is 2.00 bits per heavy atom. The first-order valence-electron chi connectivity index (χ1n) is 5.20. The van der Waals surface area contributed by atoms with Gasteiger partial charge in [-0.2, -0.15) is 0 Å². The number of benzene rings is 1. The Kier molecular flexibility index (Phi) is 5.76. The lowest BCUT2D eigenvalue weighted by atomic mass is 10.1. The molecule has 0 saturated carbocycles. The molecule has 1 aromatic carbocycles. The van der Waals surface area contributed by atoms with E-state index in [1.807, 2.05) is 44.2 Å². The van der Waals surface area contributed by atoms with Crippen LogP contribution in [-0.4, -0.2) is 22.9 Å². The van der Waals surface area contributed by atoms with Crippen molar-refractivity contribution in [3.05, 3.63) is 35.9 Å². The summed E-state index contributed by atoms with van der Waals surface area (Å²) in [4.78, 5) is 0. The monoisotopic (exact) mass is 226 g/mol. The SMILES string of the molecule is CCO[C@@H](C)SC[C@H](O)c1ccccc1. The number of hydrogen-bond donors (Lipinski definition) is 1. The van der Waals surface area contributed by atoms with E-state index in [0.29, 0.717) is 5.75 Å². The average molecular weight is 226 g/mol. The number of ether oxygens (including phenoxy) is 1. The highest BCUT2D eigenvalue weighted by molar-refractivity contribution is 7.99. The summed E-state index contributed by atoms with van der Waals surface area (Å²) in [7, 11) is 0. The van der Waals surface area contributed by atoms with Gasteiger partial charge >= 0.3 is 0 Å². The van der Waals surface area contributed by atoms with Crippen molar-refractivity contribution < 1.29 is 9.84 Å². The Balaban J connectivity index is 2.33. The molecule has 1 N–H and O–H groups in total. The molecule has 1 aromatic rings. The standard InChI is InChI=1S/C12H18O2S/c1-3-14-10(2)15-9-12(13)11-7-5-4-6-8-11/h4-8,10,12-13H,3,9H2,1-2H3/t10-,12+/m1/s1. The lowest BCUT2D eigenvalue weighted by Crippen LogP contribution is -2.08. The minimum atomic E-state index is -0.404. The van der Waals surface area contributed by atoms with Crippen molar-refractivity contribution in [1.82, 2.24) is 0 Å². The maximum Gasteiger partial charge on any atom is 0.1000 e. The zero-order valence-corrected chi connectivity index (χ0v) is 10.0. The van der Waals surface area contributed by atoms with Crippen molar-refractivity contribution in [3.8, 4) is 0 Å². The van der Waals surface area contributed by atoms with Crippen LogP contribution in [0.2, 0.25) is 0 Å². The Hall–Kier alpha value is -0.510. The summed E-state index contributed by atoms with van der Waals surface area (Å²) in [5, 5.41) is 9.86. The van der Waals surface area contributed by atoms with Gasteiger partial charge in [0.05, 0.1) is 11.5 Å². The number of hydrogen-bond acceptors (Lipinski definition) is 3. The predicted octanol–water partition coefficient (Wildman–Crippen LogP) is 2.84. The van der Waals surface area contributed by atoms with Crippen LogP contribution in [0.3, 0.4) is 0 Å². The van der Waals surface area contributed by atoms with Gasteiger partial charge in [0.25, 0.3) is 0 Å². The first-order valence-corrected chi connectivity index (χ1v) is 6.25. The summed E-state index contributed by atoms with van der Waals surface area (Å²) in [6.45, 7) is 4.70. The minimum Gasteiger partial charge on any atom is -0.388 e.